The van der Waals surface area contributed by atoms with Crippen LogP contribution in [0, 0.1) is 11.8 Å². The molecule has 2 saturated carbocycles. The van der Waals surface area contributed by atoms with E-state index in [1.807, 2.05) is 26.8 Å². The lowest BCUT2D eigenvalue weighted by Crippen LogP contribution is -2.54. The number of nitrogens with zero attached hydrogens (tertiary/aromatic N) is 2. The molecule has 4 rings (SSSR count). The van der Waals surface area contributed by atoms with Crippen LogP contribution >= 0.6 is 34.8 Å². The number of hydrogen-bond donors (Lipinski definition) is 3. The van der Waals surface area contributed by atoms with Crippen LogP contribution < -0.4 is 10.6 Å². The average molecular weight is 970 g/mol. The van der Waals surface area contributed by atoms with Crippen LogP contribution in [0.15, 0.2) is 48.5 Å². The molecule has 19 heteroatoms. The molecule has 360 valence electrons. The van der Waals surface area contributed by atoms with Gasteiger partial charge in [0.25, 0.3) is 0 Å². The lowest BCUT2D eigenvalue weighted by molar-refractivity contribution is -0.158. The van der Waals surface area contributed by atoms with Crippen molar-refractivity contribution in [3.8, 4) is 0 Å². The number of amides is 4. The van der Waals surface area contributed by atoms with E-state index in [0.717, 1.165) is 32.1 Å². The van der Waals surface area contributed by atoms with Crippen LogP contribution in [0.25, 0.3) is 0 Å². The quantitative estimate of drug-likeness (QED) is 0.0872. The van der Waals surface area contributed by atoms with Gasteiger partial charge in [-0.15, -0.1) is 0 Å². The molecule has 0 heterocycles. The Hall–Kier alpha value is -4.93. The van der Waals surface area contributed by atoms with Crippen LogP contribution in [-0.4, -0.2) is 101 Å². The van der Waals surface area contributed by atoms with Crippen molar-refractivity contribution in [2.75, 3.05) is 27.0 Å². The molecule has 2 aromatic carbocycles. The van der Waals surface area contributed by atoms with Crippen molar-refractivity contribution in [1.82, 2.24) is 20.4 Å². The molecular formula is C46H63Cl3N4O12. The van der Waals surface area contributed by atoms with Crippen molar-refractivity contribution in [1.29, 1.82) is 0 Å². The predicted molar refractivity (Wildman–Crippen MR) is 245 cm³/mol. The second-order valence-electron chi connectivity index (χ2n) is 16.0. The van der Waals surface area contributed by atoms with E-state index in [2.05, 4.69) is 10.6 Å². The summed E-state index contributed by atoms with van der Waals surface area (Å²) in [4.78, 5) is 98.3. The SMILES string of the molecule is CCC(C)[C@H](NC(C)=O)C(=O)O.CCC(C)[C@H](NC(C)=O)C(=O)OCOC(=O)N(C)[C@]1(c2ccccc2Cl)CCCCC1=O.CN(C(=O)OCCl)[C@]1(c2ccccc2Cl)CCCCC1=O. The van der Waals surface area contributed by atoms with Crippen molar-refractivity contribution in [2.24, 2.45) is 11.8 Å². The molecule has 0 bridgehead atoms. The number of halogens is 3. The third-order valence-corrected chi connectivity index (χ3v) is 12.6. The van der Waals surface area contributed by atoms with Crippen molar-refractivity contribution < 1.29 is 57.7 Å². The van der Waals surface area contributed by atoms with E-state index in [4.69, 9.17) is 54.1 Å². The molecule has 65 heavy (non-hydrogen) atoms. The largest absolute Gasteiger partial charge is 0.480 e. The van der Waals surface area contributed by atoms with Crippen LogP contribution in [0.5, 0.6) is 0 Å². The number of alkyl halides is 1. The summed E-state index contributed by atoms with van der Waals surface area (Å²) in [5, 5.41) is 14.5. The zero-order valence-corrected chi connectivity index (χ0v) is 40.6. The third kappa shape index (κ3) is 14.8. The van der Waals surface area contributed by atoms with E-state index in [1.165, 1.54) is 30.7 Å². The summed E-state index contributed by atoms with van der Waals surface area (Å²) in [6.45, 7) is 9.38. The number of hydrogen-bond acceptors (Lipinski definition) is 11. The van der Waals surface area contributed by atoms with Gasteiger partial charge in [0, 0.05) is 62.0 Å². The molecule has 2 aliphatic rings. The van der Waals surface area contributed by atoms with Crippen molar-refractivity contribution in [3.05, 3.63) is 69.7 Å². The van der Waals surface area contributed by atoms with Gasteiger partial charge in [0.2, 0.25) is 18.6 Å². The molecule has 4 amide bonds. The third-order valence-electron chi connectivity index (χ3n) is 11.9. The summed E-state index contributed by atoms with van der Waals surface area (Å²) in [5.41, 5.74) is -1.12. The van der Waals surface area contributed by atoms with Crippen molar-refractivity contribution >= 4 is 82.3 Å². The Balaban J connectivity index is 0.000000376. The maximum absolute atomic E-state index is 13.1. The Kier molecular flexibility index (Phi) is 23.2. The van der Waals surface area contributed by atoms with Crippen LogP contribution in [0.4, 0.5) is 9.59 Å². The Labute approximate surface area is 396 Å². The van der Waals surface area contributed by atoms with Crippen LogP contribution in [0.1, 0.15) is 117 Å². The number of carbonyl (C=O) groups excluding carboxylic acids is 7. The van der Waals surface area contributed by atoms with E-state index in [-0.39, 0.29) is 41.3 Å². The van der Waals surface area contributed by atoms with E-state index in [0.29, 0.717) is 53.3 Å². The standard InChI is InChI=1S/C23H31ClN2O6.C15H17Cl2NO3.C8H15NO3/c1-5-15(2)20(25-16(3)27)21(29)31-14-32-22(30)26(4)23(13-9-8-12-19(23)28)17-10-6-7-11-18(17)24;1-18(14(20)21-10-16)15(9-5-4-8-13(15)19)11-6-2-3-7-12(11)17;1-4-5(2)7(8(11)12)9-6(3)10/h6-7,10-11,15,20H,5,8-9,12-14H2,1-4H3,(H,25,27);2-3,6-7H,4-5,8-10H2,1H3;5,7H,4H2,1-3H3,(H,9,10)(H,11,12)/t15?,20-,23-;15-;5?,7-/m000/s1. The number of carboxylic acid groups (broad SMARTS) is 1. The maximum Gasteiger partial charge on any atom is 0.413 e. The molecule has 16 nitrogen and oxygen atoms in total. The molecule has 2 unspecified atom stereocenters. The van der Waals surface area contributed by atoms with E-state index < -0.39 is 54.1 Å². The lowest BCUT2D eigenvalue weighted by atomic mass is 9.74. The minimum absolute atomic E-state index is 0.0177. The predicted octanol–water partition coefficient (Wildman–Crippen LogP) is 8.36. The molecule has 0 aromatic heterocycles. The summed E-state index contributed by atoms with van der Waals surface area (Å²) in [5.74, 6) is -2.66. The molecule has 0 aliphatic heterocycles. The molecule has 0 radical (unpaired) electrons. The number of aliphatic carboxylic acids is 1. The van der Waals surface area contributed by atoms with Gasteiger partial charge in [0.05, 0.1) is 0 Å². The Bertz CT molecular complexity index is 1990. The lowest BCUT2D eigenvalue weighted by Gasteiger charge is -2.43. The van der Waals surface area contributed by atoms with Gasteiger partial charge in [0.15, 0.2) is 17.6 Å². The van der Waals surface area contributed by atoms with E-state index >= 15 is 0 Å². The first kappa shape index (κ1) is 56.2. The second-order valence-corrected chi connectivity index (χ2v) is 17.1. The number of rotatable bonds is 15. The van der Waals surface area contributed by atoms with Gasteiger partial charge in [-0.25, -0.2) is 19.2 Å². The molecule has 3 N–H and O–H groups in total. The minimum Gasteiger partial charge on any atom is -0.480 e. The van der Waals surface area contributed by atoms with Crippen LogP contribution in [-0.2, 0) is 54.1 Å². The van der Waals surface area contributed by atoms with Gasteiger partial charge in [-0.2, -0.15) is 0 Å². The summed E-state index contributed by atoms with van der Waals surface area (Å²) >= 11 is 18.1. The molecule has 6 atom stereocenters. The number of nitrogens with one attached hydrogen (secondary N) is 2. The molecule has 2 fully saturated rings. The smallest absolute Gasteiger partial charge is 0.413 e. The Morgan fingerprint density at radius 2 is 1.08 bits per heavy atom. The highest BCUT2D eigenvalue weighted by molar-refractivity contribution is 6.32. The zero-order valence-electron chi connectivity index (χ0n) is 38.4. The summed E-state index contributed by atoms with van der Waals surface area (Å²) in [6, 6.07) is 12.2. The number of ketones is 2. The number of carbonyl (C=O) groups is 8. The van der Waals surface area contributed by atoms with Gasteiger partial charge in [-0.3, -0.25) is 29.0 Å². The average Bonchev–Trinajstić information content (AvgIpc) is 3.27. The first-order chi connectivity index (χ1) is 30.7. The minimum atomic E-state index is -1.24. The highest BCUT2D eigenvalue weighted by atomic mass is 35.5. The molecule has 2 aliphatic carbocycles. The van der Waals surface area contributed by atoms with Crippen LogP contribution in [0.2, 0.25) is 10.0 Å². The number of likely N-dealkylation sites (N-methyl/N-ethyl adjacent to an activating group) is 2. The van der Waals surface area contributed by atoms with Gasteiger partial charge in [-0.05, 0) is 62.5 Å². The normalized spacial score (nSPS) is 19.7. The highest BCUT2D eigenvalue weighted by Gasteiger charge is 2.50. The second kappa shape index (κ2) is 26.9. The molecule has 2 aromatic rings. The van der Waals surface area contributed by atoms with Gasteiger partial charge >= 0.3 is 24.1 Å². The number of ether oxygens (including phenoxy) is 3. The first-order valence-electron chi connectivity index (χ1n) is 21.5. The number of esters is 1. The number of benzene rings is 2. The zero-order chi connectivity index (χ0) is 49.1. The fourth-order valence-electron chi connectivity index (χ4n) is 7.83. The summed E-state index contributed by atoms with van der Waals surface area (Å²) in [6.07, 6.45) is 4.79. The maximum atomic E-state index is 13.1. The fraction of sp³-hybridized carbons (Fsp3) is 0.565. The topological polar surface area (TPSA) is 215 Å². The summed E-state index contributed by atoms with van der Waals surface area (Å²) in [7, 11) is 3.04. The van der Waals surface area contributed by atoms with E-state index in [1.54, 1.807) is 56.4 Å². The fourth-order valence-corrected chi connectivity index (χ4v) is 8.51. The Morgan fingerprint density at radius 3 is 1.45 bits per heavy atom. The van der Waals surface area contributed by atoms with Crippen molar-refractivity contribution in [3.63, 3.8) is 0 Å². The number of carboxylic acids is 1. The molecule has 0 saturated heterocycles. The Morgan fingerprint density at radius 1 is 0.677 bits per heavy atom. The monoisotopic (exact) mass is 968 g/mol. The van der Waals surface area contributed by atoms with Gasteiger partial charge in [-0.1, -0.05) is 112 Å². The summed E-state index contributed by atoms with van der Waals surface area (Å²) < 4.78 is 15.1. The first-order valence-corrected chi connectivity index (χ1v) is 22.8. The molecule has 0 spiro atoms. The molecular weight excluding hydrogens is 907 g/mol. The van der Waals surface area contributed by atoms with Crippen LogP contribution in [0.3, 0.4) is 0 Å². The van der Waals surface area contributed by atoms with E-state index in [9.17, 15) is 38.4 Å². The van der Waals surface area contributed by atoms with Gasteiger partial charge < -0.3 is 30.0 Å². The highest BCUT2D eigenvalue weighted by Crippen LogP contribution is 2.44. The number of Topliss-reactive ketones (excluding diaryl/α,β-unsaturated/α-hetero) is 2. The van der Waals surface area contributed by atoms with Gasteiger partial charge in [0.1, 0.15) is 23.2 Å². The van der Waals surface area contributed by atoms with Crippen molar-refractivity contribution in [2.45, 2.75) is 129 Å².